The molecule has 2 aromatic carbocycles. The van der Waals surface area contributed by atoms with Crippen LogP contribution in [0.1, 0.15) is 20.3 Å². The highest BCUT2D eigenvalue weighted by Crippen LogP contribution is 2.17. The molecule has 0 fully saturated rings. The summed E-state index contributed by atoms with van der Waals surface area (Å²) in [6.45, 7) is 6.77. The molecule has 0 bridgehead atoms. The van der Waals surface area contributed by atoms with Crippen LogP contribution in [0.15, 0.2) is 54.6 Å². The molecular weight excluding hydrogens is 302 g/mol. The summed E-state index contributed by atoms with van der Waals surface area (Å²) in [6.07, 6.45) is 1.08. The van der Waals surface area contributed by atoms with E-state index in [4.69, 9.17) is 14.2 Å². The second-order valence-corrected chi connectivity index (χ2v) is 5.41. The standard InChI is InChI=1S/C20H27NO3/c1-3-18(24-20-8-6-5-7-9-20)16-21-17-10-12-19(13-11-17)23-15-14-22-4-2/h5-13,18,21H,3-4,14-16H2,1-2H3. The molecule has 2 rings (SSSR count). The maximum Gasteiger partial charge on any atom is 0.119 e. The maximum atomic E-state index is 5.98. The third-order valence-electron chi connectivity index (χ3n) is 3.59. The van der Waals surface area contributed by atoms with E-state index in [2.05, 4.69) is 12.2 Å². The first-order valence-electron chi connectivity index (χ1n) is 8.58. The second kappa shape index (κ2) is 10.6. The van der Waals surface area contributed by atoms with E-state index in [1.165, 1.54) is 0 Å². The van der Waals surface area contributed by atoms with E-state index >= 15 is 0 Å². The van der Waals surface area contributed by atoms with Crippen LogP contribution in [-0.4, -0.2) is 32.5 Å². The average molecular weight is 329 g/mol. The summed E-state index contributed by atoms with van der Waals surface area (Å²) in [5.74, 6) is 1.76. The zero-order valence-electron chi connectivity index (χ0n) is 14.5. The van der Waals surface area contributed by atoms with Crippen molar-refractivity contribution in [2.75, 3.05) is 31.7 Å². The molecule has 0 aromatic heterocycles. The fraction of sp³-hybridized carbons (Fsp3) is 0.400. The van der Waals surface area contributed by atoms with Crippen molar-refractivity contribution < 1.29 is 14.2 Å². The third kappa shape index (κ3) is 6.50. The fourth-order valence-corrected chi connectivity index (χ4v) is 2.22. The lowest BCUT2D eigenvalue weighted by Crippen LogP contribution is -2.25. The van der Waals surface area contributed by atoms with Crippen molar-refractivity contribution in [3.63, 3.8) is 0 Å². The van der Waals surface area contributed by atoms with Crippen molar-refractivity contribution >= 4 is 5.69 Å². The van der Waals surface area contributed by atoms with Gasteiger partial charge in [0.05, 0.1) is 13.2 Å². The second-order valence-electron chi connectivity index (χ2n) is 5.41. The Morgan fingerprint density at radius 2 is 1.62 bits per heavy atom. The molecule has 1 unspecified atom stereocenters. The average Bonchev–Trinajstić information content (AvgIpc) is 2.64. The van der Waals surface area contributed by atoms with E-state index in [1.54, 1.807) is 0 Å². The van der Waals surface area contributed by atoms with Gasteiger partial charge in [-0.3, -0.25) is 0 Å². The summed E-state index contributed by atoms with van der Waals surface area (Å²) < 4.78 is 16.8. The Balaban J connectivity index is 1.76. The molecule has 24 heavy (non-hydrogen) atoms. The van der Waals surface area contributed by atoms with Gasteiger partial charge in [-0.1, -0.05) is 25.1 Å². The van der Waals surface area contributed by atoms with E-state index in [0.29, 0.717) is 13.2 Å². The Kier molecular flexibility index (Phi) is 7.98. The van der Waals surface area contributed by atoms with Crippen LogP contribution in [0.4, 0.5) is 5.69 Å². The van der Waals surface area contributed by atoms with Crippen LogP contribution in [0.3, 0.4) is 0 Å². The molecule has 4 nitrogen and oxygen atoms in total. The van der Waals surface area contributed by atoms with E-state index < -0.39 is 0 Å². The van der Waals surface area contributed by atoms with E-state index in [-0.39, 0.29) is 6.10 Å². The molecule has 0 amide bonds. The van der Waals surface area contributed by atoms with Crippen molar-refractivity contribution in [3.8, 4) is 11.5 Å². The number of hydrogen-bond donors (Lipinski definition) is 1. The van der Waals surface area contributed by atoms with Gasteiger partial charge in [0, 0.05) is 12.3 Å². The minimum atomic E-state index is 0.134. The van der Waals surface area contributed by atoms with Gasteiger partial charge in [-0.2, -0.15) is 0 Å². The summed E-state index contributed by atoms with van der Waals surface area (Å²) in [5, 5.41) is 3.41. The van der Waals surface area contributed by atoms with Crippen LogP contribution in [0, 0.1) is 0 Å². The minimum Gasteiger partial charge on any atom is -0.491 e. The topological polar surface area (TPSA) is 39.7 Å². The Bertz CT molecular complexity index is 557. The molecule has 0 spiro atoms. The minimum absolute atomic E-state index is 0.134. The molecule has 0 heterocycles. The molecule has 1 N–H and O–H groups in total. The van der Waals surface area contributed by atoms with Crippen LogP contribution in [0.25, 0.3) is 0 Å². The molecule has 4 heteroatoms. The first kappa shape index (κ1) is 18.1. The van der Waals surface area contributed by atoms with Crippen molar-refractivity contribution in [1.82, 2.24) is 0 Å². The Morgan fingerprint density at radius 3 is 2.29 bits per heavy atom. The van der Waals surface area contributed by atoms with Crippen molar-refractivity contribution in [2.45, 2.75) is 26.4 Å². The number of para-hydroxylation sites is 1. The lowest BCUT2D eigenvalue weighted by molar-refractivity contribution is 0.110. The lowest BCUT2D eigenvalue weighted by Gasteiger charge is -2.19. The molecule has 0 radical (unpaired) electrons. The summed E-state index contributed by atoms with van der Waals surface area (Å²) in [7, 11) is 0. The van der Waals surface area contributed by atoms with Crippen molar-refractivity contribution in [1.29, 1.82) is 0 Å². The van der Waals surface area contributed by atoms with Crippen LogP contribution >= 0.6 is 0 Å². The smallest absolute Gasteiger partial charge is 0.119 e. The molecule has 0 aliphatic heterocycles. The third-order valence-corrected chi connectivity index (χ3v) is 3.59. The van der Waals surface area contributed by atoms with Crippen molar-refractivity contribution in [3.05, 3.63) is 54.6 Å². The highest BCUT2D eigenvalue weighted by molar-refractivity contribution is 5.46. The van der Waals surface area contributed by atoms with Gasteiger partial charge < -0.3 is 19.5 Å². The van der Waals surface area contributed by atoms with Gasteiger partial charge in [-0.05, 0) is 49.7 Å². The van der Waals surface area contributed by atoms with E-state index in [9.17, 15) is 0 Å². The quantitative estimate of drug-likeness (QED) is 0.621. The van der Waals surface area contributed by atoms with Gasteiger partial charge in [0.1, 0.15) is 24.2 Å². The zero-order valence-corrected chi connectivity index (χ0v) is 14.5. The molecule has 0 saturated heterocycles. The molecule has 0 saturated carbocycles. The summed E-state index contributed by atoms with van der Waals surface area (Å²) in [6, 6.07) is 17.9. The number of nitrogens with one attached hydrogen (secondary N) is 1. The molecular formula is C20H27NO3. The zero-order chi connectivity index (χ0) is 17.0. The van der Waals surface area contributed by atoms with Gasteiger partial charge in [0.25, 0.3) is 0 Å². The first-order valence-corrected chi connectivity index (χ1v) is 8.58. The van der Waals surface area contributed by atoms with Crippen LogP contribution in [0.5, 0.6) is 11.5 Å². The van der Waals surface area contributed by atoms with Crippen LogP contribution in [0.2, 0.25) is 0 Å². The first-order chi connectivity index (χ1) is 11.8. The number of rotatable bonds is 11. The van der Waals surface area contributed by atoms with Crippen LogP contribution in [-0.2, 0) is 4.74 Å². The number of hydrogen-bond acceptors (Lipinski definition) is 4. The molecule has 0 aliphatic carbocycles. The summed E-state index contributed by atoms with van der Waals surface area (Å²) in [5.41, 5.74) is 1.06. The highest BCUT2D eigenvalue weighted by atomic mass is 16.5. The fourth-order valence-electron chi connectivity index (χ4n) is 2.22. The normalized spacial score (nSPS) is 11.8. The number of anilines is 1. The monoisotopic (exact) mass is 329 g/mol. The van der Waals surface area contributed by atoms with Gasteiger partial charge in [0.2, 0.25) is 0 Å². The van der Waals surface area contributed by atoms with Crippen LogP contribution < -0.4 is 14.8 Å². The predicted octanol–water partition coefficient (Wildman–Crippen LogP) is 4.37. The summed E-state index contributed by atoms with van der Waals surface area (Å²) >= 11 is 0. The number of benzene rings is 2. The Morgan fingerprint density at radius 1 is 0.875 bits per heavy atom. The van der Waals surface area contributed by atoms with Gasteiger partial charge in [-0.15, -0.1) is 0 Å². The SMILES string of the molecule is CCOCCOc1ccc(NCC(CC)Oc2ccccc2)cc1. The van der Waals surface area contributed by atoms with E-state index in [1.807, 2.05) is 61.5 Å². The summed E-state index contributed by atoms with van der Waals surface area (Å²) in [4.78, 5) is 0. The molecule has 1 atom stereocenters. The largest absolute Gasteiger partial charge is 0.491 e. The predicted molar refractivity (Wildman–Crippen MR) is 98.1 cm³/mol. The maximum absolute atomic E-state index is 5.98. The Labute approximate surface area is 144 Å². The number of ether oxygens (including phenoxy) is 3. The Hall–Kier alpha value is -2.20. The highest BCUT2D eigenvalue weighted by Gasteiger charge is 2.07. The molecule has 0 aliphatic rings. The van der Waals surface area contributed by atoms with Gasteiger partial charge >= 0.3 is 0 Å². The molecule has 130 valence electrons. The van der Waals surface area contributed by atoms with Gasteiger partial charge in [0.15, 0.2) is 0 Å². The molecule has 2 aromatic rings. The van der Waals surface area contributed by atoms with Crippen molar-refractivity contribution in [2.24, 2.45) is 0 Å². The lowest BCUT2D eigenvalue weighted by atomic mass is 10.2. The van der Waals surface area contributed by atoms with Gasteiger partial charge in [-0.25, -0.2) is 0 Å². The van der Waals surface area contributed by atoms with E-state index in [0.717, 1.165) is 36.8 Å².